The highest BCUT2D eigenvalue weighted by atomic mass is 35.5. The maximum absolute atomic E-state index is 11.5. The van der Waals surface area contributed by atoms with Crippen LogP contribution >= 0.6 is 11.6 Å². The van der Waals surface area contributed by atoms with E-state index in [0.29, 0.717) is 18.8 Å². The average molecular weight is 246 g/mol. The van der Waals surface area contributed by atoms with Crippen LogP contribution in [0.15, 0.2) is 11.0 Å². The molecule has 5 nitrogen and oxygen atoms in total. The number of rotatable bonds is 5. The number of aryl methyl sites for hydroxylation is 1. The van der Waals surface area contributed by atoms with Crippen LogP contribution in [-0.2, 0) is 11.8 Å². The van der Waals surface area contributed by atoms with E-state index in [1.807, 2.05) is 13.8 Å². The highest BCUT2D eigenvalue weighted by molar-refractivity contribution is 6.32. The van der Waals surface area contributed by atoms with Crippen LogP contribution in [0.4, 0.5) is 5.69 Å². The lowest BCUT2D eigenvalue weighted by molar-refractivity contribution is 0.0855. The Kier molecular flexibility index (Phi) is 4.76. The van der Waals surface area contributed by atoms with E-state index in [0.717, 1.165) is 0 Å². The van der Waals surface area contributed by atoms with Crippen LogP contribution in [0.5, 0.6) is 0 Å². The van der Waals surface area contributed by atoms with E-state index in [1.54, 1.807) is 7.05 Å². The Bertz CT molecular complexity index is 406. The molecule has 1 unspecified atom stereocenters. The zero-order chi connectivity index (χ0) is 12.1. The number of halogens is 1. The lowest BCUT2D eigenvalue weighted by Crippen LogP contribution is -2.24. The number of anilines is 1. The first-order valence-electron chi connectivity index (χ1n) is 5.13. The fraction of sp³-hybridized carbons (Fsp3) is 0.600. The van der Waals surface area contributed by atoms with Crippen LogP contribution in [-0.4, -0.2) is 29.0 Å². The van der Waals surface area contributed by atoms with Gasteiger partial charge in [0.25, 0.3) is 5.56 Å². The van der Waals surface area contributed by atoms with E-state index in [2.05, 4.69) is 10.4 Å². The third-order valence-corrected chi connectivity index (χ3v) is 2.47. The van der Waals surface area contributed by atoms with Crippen LogP contribution in [0, 0.1) is 0 Å². The molecular formula is C10H16ClN3O2. The molecule has 0 aromatic carbocycles. The molecule has 1 aromatic rings. The monoisotopic (exact) mass is 245 g/mol. The Hall–Kier alpha value is -1.07. The van der Waals surface area contributed by atoms with Crippen LogP contribution in [0.3, 0.4) is 0 Å². The third kappa shape index (κ3) is 3.21. The first-order valence-corrected chi connectivity index (χ1v) is 5.51. The summed E-state index contributed by atoms with van der Waals surface area (Å²) in [5.74, 6) is 0. The zero-order valence-electron chi connectivity index (χ0n) is 9.66. The summed E-state index contributed by atoms with van der Waals surface area (Å²) >= 11 is 5.88. The second-order valence-corrected chi connectivity index (χ2v) is 3.83. The largest absolute Gasteiger partial charge is 0.380 e. The highest BCUT2D eigenvalue weighted by Gasteiger charge is 2.08. The molecule has 0 aliphatic rings. The molecule has 6 heteroatoms. The molecule has 1 N–H and O–H groups in total. The van der Waals surface area contributed by atoms with Gasteiger partial charge in [0.2, 0.25) is 0 Å². The first-order chi connectivity index (χ1) is 7.56. The van der Waals surface area contributed by atoms with Crippen LogP contribution in [0.2, 0.25) is 5.02 Å². The van der Waals surface area contributed by atoms with Gasteiger partial charge < -0.3 is 10.1 Å². The summed E-state index contributed by atoms with van der Waals surface area (Å²) in [7, 11) is 1.56. The van der Waals surface area contributed by atoms with E-state index in [9.17, 15) is 4.79 Å². The van der Waals surface area contributed by atoms with Crippen molar-refractivity contribution in [1.29, 1.82) is 0 Å². The van der Waals surface area contributed by atoms with Crippen molar-refractivity contribution in [3.05, 3.63) is 21.6 Å². The summed E-state index contributed by atoms with van der Waals surface area (Å²) in [5.41, 5.74) is 0.229. The molecule has 16 heavy (non-hydrogen) atoms. The predicted molar refractivity (Wildman–Crippen MR) is 64.1 cm³/mol. The molecular weight excluding hydrogens is 230 g/mol. The van der Waals surface area contributed by atoms with Gasteiger partial charge in [-0.1, -0.05) is 11.6 Å². The average Bonchev–Trinajstić information content (AvgIpc) is 2.25. The Morgan fingerprint density at radius 1 is 1.69 bits per heavy atom. The van der Waals surface area contributed by atoms with E-state index in [-0.39, 0.29) is 16.7 Å². The topological polar surface area (TPSA) is 56.1 Å². The van der Waals surface area contributed by atoms with E-state index >= 15 is 0 Å². The van der Waals surface area contributed by atoms with E-state index < -0.39 is 0 Å². The Morgan fingerprint density at radius 2 is 2.38 bits per heavy atom. The second kappa shape index (κ2) is 5.86. The van der Waals surface area contributed by atoms with Crippen molar-refractivity contribution < 1.29 is 4.74 Å². The lowest BCUT2D eigenvalue weighted by Gasteiger charge is -2.14. The summed E-state index contributed by atoms with van der Waals surface area (Å²) in [4.78, 5) is 11.5. The molecule has 0 fully saturated rings. The van der Waals surface area contributed by atoms with Crippen molar-refractivity contribution in [2.45, 2.75) is 20.0 Å². The van der Waals surface area contributed by atoms with Gasteiger partial charge in [-0.15, -0.1) is 0 Å². The van der Waals surface area contributed by atoms with Crippen molar-refractivity contribution >= 4 is 17.3 Å². The number of aromatic nitrogens is 2. The molecule has 0 aliphatic heterocycles. The van der Waals surface area contributed by atoms with Crippen molar-refractivity contribution in [3.8, 4) is 0 Å². The maximum Gasteiger partial charge on any atom is 0.287 e. The molecule has 0 amide bonds. The number of hydrogen-bond acceptors (Lipinski definition) is 4. The molecule has 1 aromatic heterocycles. The Labute approximate surface area is 99.4 Å². The number of hydrogen-bond donors (Lipinski definition) is 1. The maximum atomic E-state index is 11.5. The Balaban J connectivity index is 2.68. The fourth-order valence-corrected chi connectivity index (χ4v) is 1.47. The Morgan fingerprint density at radius 3 is 3.00 bits per heavy atom. The van der Waals surface area contributed by atoms with Gasteiger partial charge in [0, 0.05) is 20.2 Å². The molecule has 0 aliphatic carbocycles. The number of nitrogens with one attached hydrogen (secondary N) is 1. The summed E-state index contributed by atoms with van der Waals surface area (Å²) < 4.78 is 6.54. The lowest BCUT2D eigenvalue weighted by atomic mass is 10.3. The van der Waals surface area contributed by atoms with Gasteiger partial charge in [0.15, 0.2) is 0 Å². The van der Waals surface area contributed by atoms with Gasteiger partial charge >= 0.3 is 0 Å². The first kappa shape index (κ1) is 13.0. The zero-order valence-corrected chi connectivity index (χ0v) is 10.4. The molecule has 0 saturated heterocycles. The van der Waals surface area contributed by atoms with Gasteiger partial charge in [-0.2, -0.15) is 5.10 Å². The fourth-order valence-electron chi connectivity index (χ4n) is 1.23. The van der Waals surface area contributed by atoms with E-state index in [4.69, 9.17) is 16.3 Å². The molecule has 1 atom stereocenters. The molecule has 0 bridgehead atoms. The van der Waals surface area contributed by atoms with Crippen molar-refractivity contribution in [2.24, 2.45) is 7.05 Å². The molecule has 0 saturated carbocycles. The molecule has 0 spiro atoms. The van der Waals surface area contributed by atoms with Crippen molar-refractivity contribution in [1.82, 2.24) is 9.78 Å². The van der Waals surface area contributed by atoms with Gasteiger partial charge in [0.05, 0.1) is 18.0 Å². The van der Waals surface area contributed by atoms with Crippen molar-refractivity contribution in [3.63, 3.8) is 0 Å². The molecule has 1 heterocycles. The smallest absolute Gasteiger partial charge is 0.287 e. The summed E-state index contributed by atoms with van der Waals surface area (Å²) in [6.45, 7) is 5.12. The SMILES string of the molecule is CCOC(C)CNc1cnn(C)c(=O)c1Cl. The second-order valence-electron chi connectivity index (χ2n) is 3.45. The quantitative estimate of drug-likeness (QED) is 0.849. The van der Waals surface area contributed by atoms with E-state index in [1.165, 1.54) is 10.9 Å². The summed E-state index contributed by atoms with van der Waals surface area (Å²) in [5, 5.41) is 7.07. The number of nitrogens with zero attached hydrogens (tertiary/aromatic N) is 2. The standard InChI is InChI=1S/C10H16ClN3O2/c1-4-16-7(2)5-12-8-6-13-14(3)10(15)9(8)11/h6-7,12H,4-5H2,1-3H3. The van der Waals surface area contributed by atoms with Gasteiger partial charge in [-0.05, 0) is 13.8 Å². The normalized spacial score (nSPS) is 12.5. The summed E-state index contributed by atoms with van der Waals surface area (Å²) in [6.07, 6.45) is 1.59. The molecule has 1 rings (SSSR count). The van der Waals surface area contributed by atoms with Gasteiger partial charge in [-0.25, -0.2) is 4.68 Å². The molecule has 90 valence electrons. The van der Waals surface area contributed by atoms with Gasteiger partial charge in [-0.3, -0.25) is 4.79 Å². The van der Waals surface area contributed by atoms with Gasteiger partial charge in [0.1, 0.15) is 5.02 Å². The minimum Gasteiger partial charge on any atom is -0.380 e. The van der Waals surface area contributed by atoms with Crippen LogP contribution in [0.25, 0.3) is 0 Å². The third-order valence-electron chi connectivity index (χ3n) is 2.11. The highest BCUT2D eigenvalue weighted by Crippen LogP contribution is 2.14. The minimum atomic E-state index is -0.310. The summed E-state index contributed by atoms with van der Waals surface area (Å²) in [6, 6.07) is 0. The predicted octanol–water partition coefficient (Wildman–Crippen LogP) is 1.27. The number of ether oxygens (including phenoxy) is 1. The minimum absolute atomic E-state index is 0.0603. The molecule has 0 radical (unpaired) electrons. The van der Waals surface area contributed by atoms with Crippen LogP contribution in [0.1, 0.15) is 13.8 Å². The van der Waals surface area contributed by atoms with Crippen molar-refractivity contribution in [2.75, 3.05) is 18.5 Å². The van der Waals surface area contributed by atoms with Crippen LogP contribution < -0.4 is 10.9 Å².